The molecule has 1 saturated heterocycles. The van der Waals surface area contributed by atoms with Crippen molar-refractivity contribution >= 4 is 33.4 Å². The number of aliphatic hydroxyl groups is 4. The van der Waals surface area contributed by atoms with E-state index in [2.05, 4.69) is 53.5 Å². The van der Waals surface area contributed by atoms with E-state index in [9.17, 15) is 53.7 Å². The van der Waals surface area contributed by atoms with Crippen LogP contribution in [0.5, 0.6) is 0 Å². The van der Waals surface area contributed by atoms with Crippen molar-refractivity contribution in [2.24, 2.45) is 0 Å². The highest BCUT2D eigenvalue weighted by molar-refractivity contribution is 7.61. The van der Waals surface area contributed by atoms with E-state index >= 15 is 0 Å². The largest absolute Gasteiger partial charge is 0.481 e. The van der Waals surface area contributed by atoms with Gasteiger partial charge in [0.15, 0.2) is 12.3 Å². The number of anilines is 1. The minimum Gasteiger partial charge on any atom is -0.462 e. The zero-order valence-electron chi connectivity index (χ0n) is 42.4. The van der Waals surface area contributed by atoms with Crippen molar-refractivity contribution in [3.63, 3.8) is 0 Å². The molecule has 0 spiro atoms. The van der Waals surface area contributed by atoms with Crippen LogP contribution in [-0.4, -0.2) is 108 Å². The molecule has 1 aliphatic rings. The fourth-order valence-corrected chi connectivity index (χ4v) is 9.52. The number of nitrogen functional groups attached to an aromatic ring is 1. The van der Waals surface area contributed by atoms with Gasteiger partial charge in [-0.15, -0.1) is 0 Å². The number of nitrogens with zero attached hydrogens (tertiary/aromatic N) is 2. The smallest absolute Gasteiger partial charge is 0.462 e. The predicted molar refractivity (Wildman–Crippen MR) is 273 cm³/mol. The number of carbonyl (C=O) groups is 2. The number of unbranched alkanes of at least 4 members (excludes halogenated alkanes) is 14. The Morgan fingerprint density at radius 3 is 1.92 bits per heavy atom. The second kappa shape index (κ2) is 38.2. The van der Waals surface area contributed by atoms with Crippen molar-refractivity contribution in [1.82, 2.24) is 9.55 Å². The summed E-state index contributed by atoms with van der Waals surface area (Å²) >= 11 is 0. The van der Waals surface area contributed by atoms with E-state index in [0.29, 0.717) is 12.8 Å². The Morgan fingerprint density at radius 1 is 0.722 bits per heavy atom. The van der Waals surface area contributed by atoms with Crippen LogP contribution in [0.3, 0.4) is 0 Å². The van der Waals surface area contributed by atoms with E-state index in [0.717, 1.165) is 62.1 Å². The SMILES string of the molecule is CCCCC/C=C\C/C=C\C/C=C\CC(O)C(O)CCCC(=O)OC[C@H](COP(=O)(O)OP(=O)(O)OC[C@H]1O[C@@H](n2ccc(N)nc2=O)[C@H](O)[C@@H]1O)OC(=O)CCCCCCC/C=C\CCCCCCCC. The number of ether oxygens (including phenoxy) is 3. The lowest BCUT2D eigenvalue weighted by Crippen LogP contribution is -2.36. The van der Waals surface area contributed by atoms with Crippen LogP contribution >= 0.6 is 15.6 Å². The summed E-state index contributed by atoms with van der Waals surface area (Å²) in [5.74, 6) is -1.61. The summed E-state index contributed by atoms with van der Waals surface area (Å²) in [5, 5.41) is 41.8. The number of allylic oxidation sites excluding steroid dienone is 7. The Kier molecular flexibility index (Phi) is 34.4. The van der Waals surface area contributed by atoms with Crippen LogP contribution in [-0.2, 0) is 46.3 Å². The number of esters is 2. The van der Waals surface area contributed by atoms with Gasteiger partial charge >= 0.3 is 33.3 Å². The van der Waals surface area contributed by atoms with Crippen LogP contribution in [0.15, 0.2) is 65.7 Å². The van der Waals surface area contributed by atoms with Gasteiger partial charge in [0.25, 0.3) is 0 Å². The molecule has 2 heterocycles. The number of carbonyl (C=O) groups excluding carboxylic acids is 2. The first-order valence-electron chi connectivity index (χ1n) is 25.8. The molecule has 1 aromatic heterocycles. The quantitative estimate of drug-likeness (QED) is 0.0140. The van der Waals surface area contributed by atoms with E-state index in [1.165, 1.54) is 63.9 Å². The second-order valence-electron chi connectivity index (χ2n) is 18.0. The van der Waals surface area contributed by atoms with Crippen molar-refractivity contribution in [3.05, 3.63) is 71.4 Å². The predicted octanol–water partition coefficient (Wildman–Crippen LogP) is 8.50. The van der Waals surface area contributed by atoms with Crippen LogP contribution in [0.4, 0.5) is 5.82 Å². The highest BCUT2D eigenvalue weighted by atomic mass is 31.3. The third-order valence-electron chi connectivity index (χ3n) is 11.6. The molecule has 72 heavy (non-hydrogen) atoms. The van der Waals surface area contributed by atoms with Crippen LogP contribution < -0.4 is 11.4 Å². The van der Waals surface area contributed by atoms with Gasteiger partial charge in [0.2, 0.25) is 0 Å². The molecule has 20 nitrogen and oxygen atoms in total. The maximum atomic E-state index is 12.9. The van der Waals surface area contributed by atoms with Crippen molar-refractivity contribution < 1.29 is 76.5 Å². The number of hydrogen-bond donors (Lipinski definition) is 7. The minimum atomic E-state index is -5.49. The van der Waals surface area contributed by atoms with E-state index in [4.69, 9.17) is 29.0 Å². The average Bonchev–Trinajstić information content (AvgIpc) is 3.61. The molecule has 0 bridgehead atoms. The monoisotopic (exact) mass is 1060 g/mol. The number of phosphoric acid groups is 2. The molecule has 0 radical (unpaired) electrons. The molecule has 412 valence electrons. The van der Waals surface area contributed by atoms with Gasteiger partial charge in [0.1, 0.15) is 30.7 Å². The zero-order valence-corrected chi connectivity index (χ0v) is 44.2. The summed E-state index contributed by atoms with van der Waals surface area (Å²) < 4.78 is 56.6. The Balaban J connectivity index is 1.87. The number of rotatable bonds is 42. The van der Waals surface area contributed by atoms with E-state index in [1.54, 1.807) is 6.08 Å². The number of nitrogens with two attached hydrogens (primary N) is 1. The third kappa shape index (κ3) is 30.1. The van der Waals surface area contributed by atoms with Gasteiger partial charge in [-0.1, -0.05) is 127 Å². The zero-order chi connectivity index (χ0) is 53.0. The first-order valence-corrected chi connectivity index (χ1v) is 28.8. The average molecular weight is 1060 g/mol. The van der Waals surface area contributed by atoms with Gasteiger partial charge in [-0.2, -0.15) is 9.29 Å². The molecule has 1 aliphatic heterocycles. The van der Waals surface area contributed by atoms with Crippen LogP contribution in [0.25, 0.3) is 0 Å². The molecule has 4 unspecified atom stereocenters. The highest BCUT2D eigenvalue weighted by Crippen LogP contribution is 2.60. The lowest BCUT2D eigenvalue weighted by molar-refractivity contribution is -0.161. The number of phosphoric ester groups is 2. The molecule has 22 heteroatoms. The van der Waals surface area contributed by atoms with Crippen molar-refractivity contribution in [2.45, 2.75) is 211 Å². The summed E-state index contributed by atoms with van der Waals surface area (Å²) in [6, 6.07) is 1.23. The topological polar surface area (TPSA) is 306 Å². The standard InChI is InChI=1S/C50H85N3O17P2/c1-3-5-7-9-11-13-15-17-18-19-21-23-25-27-29-33-46(57)68-40(37-65-45(56)34-30-32-42(55)41(54)31-28-26-24-22-20-16-14-12-10-8-6-4-2)38-66-71(61,62)70-72(63,64)67-39-43-47(58)48(59)49(69-43)53-36-35-44(51)52-50(53)60/h12,14,17-18,20,22,26,28,35-36,40-43,47-49,54-55,58-59H,3-11,13,15-16,19,21,23-25,27,29-34,37-39H2,1-2H3,(H,61,62)(H,63,64)(H2,51,52,60)/b14-12-,18-17-,22-20-,28-26-/t40-,41?,42?,43-,47-,48-,49-/m1/s1. The Hall–Kier alpha value is -3.36. The Labute approximate surface area is 425 Å². The summed E-state index contributed by atoms with van der Waals surface area (Å²) in [4.78, 5) is 62.0. The van der Waals surface area contributed by atoms with E-state index in [-0.39, 0.29) is 37.9 Å². The number of aromatic nitrogens is 2. The van der Waals surface area contributed by atoms with Gasteiger partial charge < -0.3 is 50.2 Å². The lowest BCUT2D eigenvalue weighted by Gasteiger charge is -2.21. The third-order valence-corrected chi connectivity index (χ3v) is 14.2. The van der Waals surface area contributed by atoms with Crippen LogP contribution in [0.1, 0.15) is 174 Å². The van der Waals surface area contributed by atoms with Crippen LogP contribution in [0, 0.1) is 0 Å². The number of hydrogen-bond acceptors (Lipinski definition) is 17. The molecule has 2 rings (SSSR count). The van der Waals surface area contributed by atoms with Gasteiger partial charge in [0.05, 0.1) is 25.4 Å². The fourth-order valence-electron chi connectivity index (χ4n) is 7.41. The van der Waals surface area contributed by atoms with Crippen molar-refractivity contribution in [2.75, 3.05) is 25.6 Å². The molecule has 0 aliphatic carbocycles. The molecular formula is C50H85N3O17P2. The summed E-state index contributed by atoms with van der Waals surface area (Å²) in [5.41, 5.74) is 4.56. The molecule has 8 N–H and O–H groups in total. The maximum absolute atomic E-state index is 12.9. The normalized spacial score (nSPS) is 20.3. The van der Waals surface area contributed by atoms with Crippen molar-refractivity contribution in [3.8, 4) is 0 Å². The first-order chi connectivity index (χ1) is 34.5. The molecule has 1 aromatic rings. The van der Waals surface area contributed by atoms with Gasteiger partial charge in [-0.25, -0.2) is 13.9 Å². The van der Waals surface area contributed by atoms with Crippen LogP contribution in [0.2, 0.25) is 0 Å². The minimum absolute atomic E-state index is 0.0212. The molecule has 0 saturated carbocycles. The van der Waals surface area contributed by atoms with Gasteiger partial charge in [0, 0.05) is 19.0 Å². The van der Waals surface area contributed by atoms with E-state index < -0.39 is 95.9 Å². The Bertz CT molecular complexity index is 1930. The summed E-state index contributed by atoms with van der Waals surface area (Å²) in [7, 11) is -11.0. The fraction of sp³-hybridized carbons (Fsp3) is 0.720. The lowest BCUT2D eigenvalue weighted by atomic mass is 10.0. The van der Waals surface area contributed by atoms with Gasteiger partial charge in [-0.3, -0.25) is 23.2 Å². The summed E-state index contributed by atoms with van der Waals surface area (Å²) in [6.07, 6.45) is 27.8. The summed E-state index contributed by atoms with van der Waals surface area (Å²) in [6.45, 7) is 1.83. The molecule has 0 amide bonds. The molecular weight excluding hydrogens is 977 g/mol. The second-order valence-corrected chi connectivity index (χ2v) is 21.0. The Morgan fingerprint density at radius 2 is 1.26 bits per heavy atom. The van der Waals surface area contributed by atoms with Crippen molar-refractivity contribution in [1.29, 1.82) is 0 Å². The first kappa shape index (κ1) is 64.8. The highest BCUT2D eigenvalue weighted by Gasteiger charge is 2.46. The molecule has 1 fully saturated rings. The molecule has 9 atom stereocenters. The van der Waals surface area contributed by atoms with E-state index in [1.807, 2.05) is 12.2 Å². The number of aliphatic hydroxyl groups excluding tert-OH is 4. The van der Waals surface area contributed by atoms with Gasteiger partial charge in [-0.05, 0) is 83.1 Å². The molecule has 0 aromatic carbocycles. The maximum Gasteiger partial charge on any atom is 0.481 e.